The van der Waals surface area contributed by atoms with Gasteiger partial charge >= 0.3 is 0 Å². The van der Waals surface area contributed by atoms with Crippen LogP contribution in [0.4, 0.5) is 0 Å². The van der Waals surface area contributed by atoms with E-state index in [1.807, 2.05) is 13.1 Å². The van der Waals surface area contributed by atoms with Crippen LogP contribution >= 0.6 is 0 Å². The molecule has 0 spiro atoms. The number of benzene rings is 1. The molecule has 1 amide bonds. The summed E-state index contributed by atoms with van der Waals surface area (Å²) < 4.78 is 18.9. The third-order valence-corrected chi connectivity index (χ3v) is 5.13. The molecule has 3 N–H and O–H groups in total. The van der Waals surface area contributed by atoms with Gasteiger partial charge in [-0.2, -0.15) is 5.10 Å². The molecule has 1 fully saturated rings. The van der Waals surface area contributed by atoms with Gasteiger partial charge in [-0.05, 0) is 25.1 Å². The monoisotopic (exact) mass is 371 g/mol. The van der Waals surface area contributed by atoms with E-state index in [0.717, 1.165) is 5.69 Å². The Morgan fingerprint density at radius 2 is 2.19 bits per heavy atom. The molecule has 8 nitrogen and oxygen atoms in total. The molecule has 0 atom stereocenters. The number of hydrogen-bond donors (Lipinski definition) is 2. The Bertz CT molecular complexity index is 1010. The number of aromatic nitrogens is 2. The number of furan rings is 1. The normalized spacial score (nSPS) is 15.7. The van der Waals surface area contributed by atoms with Crippen LogP contribution in [0.25, 0.3) is 11.0 Å². The van der Waals surface area contributed by atoms with E-state index in [4.69, 9.17) is 19.6 Å². The molecular weight excluding hydrogens is 350 g/mol. The molecule has 0 unspecified atom stereocenters. The van der Waals surface area contributed by atoms with Crippen molar-refractivity contribution in [3.05, 3.63) is 47.0 Å². The SMILES string of the molecule is Cc1oc2ccc(OCc3ccnn3C)c(C3(CO)COC3)c2c1C(N)=O. The van der Waals surface area contributed by atoms with Crippen molar-refractivity contribution in [3.8, 4) is 5.75 Å². The van der Waals surface area contributed by atoms with Crippen molar-refractivity contribution in [2.24, 2.45) is 12.8 Å². The van der Waals surface area contributed by atoms with E-state index >= 15 is 0 Å². The van der Waals surface area contributed by atoms with E-state index in [-0.39, 0.29) is 6.61 Å². The molecule has 27 heavy (non-hydrogen) atoms. The fourth-order valence-corrected chi connectivity index (χ4v) is 3.59. The summed E-state index contributed by atoms with van der Waals surface area (Å²) in [7, 11) is 1.84. The molecule has 1 aromatic carbocycles. The first-order valence-corrected chi connectivity index (χ1v) is 8.61. The molecule has 142 valence electrons. The molecule has 2 aromatic heterocycles. The molecule has 0 aliphatic carbocycles. The van der Waals surface area contributed by atoms with E-state index in [0.29, 0.717) is 53.4 Å². The molecule has 0 bridgehead atoms. The van der Waals surface area contributed by atoms with Crippen LogP contribution in [0.1, 0.15) is 27.4 Å². The summed E-state index contributed by atoms with van der Waals surface area (Å²) in [5.74, 6) is 0.421. The van der Waals surface area contributed by atoms with E-state index in [2.05, 4.69) is 5.10 Å². The van der Waals surface area contributed by atoms with Crippen molar-refractivity contribution in [2.45, 2.75) is 18.9 Å². The maximum atomic E-state index is 12.1. The van der Waals surface area contributed by atoms with Gasteiger partial charge in [-0.1, -0.05) is 0 Å². The second-order valence-electron chi connectivity index (χ2n) is 6.88. The molecule has 1 saturated heterocycles. The number of rotatable bonds is 6. The molecule has 3 heterocycles. The Labute approximate surface area is 155 Å². The smallest absolute Gasteiger partial charge is 0.252 e. The molecule has 0 radical (unpaired) electrons. The predicted molar refractivity (Wildman–Crippen MR) is 96.6 cm³/mol. The number of nitrogens with zero attached hydrogens (tertiary/aromatic N) is 2. The van der Waals surface area contributed by atoms with Crippen molar-refractivity contribution >= 4 is 16.9 Å². The van der Waals surface area contributed by atoms with E-state index in [1.165, 1.54) is 0 Å². The van der Waals surface area contributed by atoms with Crippen LogP contribution in [0.3, 0.4) is 0 Å². The quantitative estimate of drug-likeness (QED) is 0.677. The number of hydrogen-bond acceptors (Lipinski definition) is 6. The Kier molecular flexibility index (Phi) is 4.16. The summed E-state index contributed by atoms with van der Waals surface area (Å²) in [5.41, 5.74) is 7.38. The van der Waals surface area contributed by atoms with Gasteiger partial charge in [0.15, 0.2) is 0 Å². The van der Waals surface area contributed by atoms with Crippen LogP contribution in [-0.4, -0.2) is 40.6 Å². The largest absolute Gasteiger partial charge is 0.487 e. The Hall–Kier alpha value is -2.84. The molecule has 0 saturated carbocycles. The fraction of sp³-hybridized carbons (Fsp3) is 0.368. The summed E-state index contributed by atoms with van der Waals surface area (Å²) in [5, 5.41) is 14.8. The van der Waals surface area contributed by atoms with E-state index < -0.39 is 11.3 Å². The Morgan fingerprint density at radius 1 is 1.41 bits per heavy atom. The van der Waals surface area contributed by atoms with Crippen LogP contribution in [0.5, 0.6) is 5.75 Å². The maximum Gasteiger partial charge on any atom is 0.252 e. The second kappa shape index (κ2) is 6.40. The summed E-state index contributed by atoms with van der Waals surface area (Å²) in [6, 6.07) is 5.40. The zero-order valence-electron chi connectivity index (χ0n) is 15.2. The average molecular weight is 371 g/mol. The lowest BCUT2D eigenvalue weighted by Crippen LogP contribution is -2.50. The molecule has 8 heteroatoms. The van der Waals surface area contributed by atoms with Gasteiger partial charge in [0.2, 0.25) is 0 Å². The number of amides is 1. The van der Waals surface area contributed by atoms with Crippen molar-refractivity contribution < 1.29 is 23.8 Å². The van der Waals surface area contributed by atoms with Gasteiger partial charge < -0.3 is 24.7 Å². The fourth-order valence-electron chi connectivity index (χ4n) is 3.59. The van der Waals surface area contributed by atoms with Crippen LogP contribution in [0, 0.1) is 6.92 Å². The highest BCUT2D eigenvalue weighted by Crippen LogP contribution is 2.45. The third-order valence-electron chi connectivity index (χ3n) is 5.13. The van der Waals surface area contributed by atoms with Crippen LogP contribution < -0.4 is 10.5 Å². The van der Waals surface area contributed by atoms with Crippen LogP contribution in [-0.2, 0) is 23.8 Å². The topological polar surface area (TPSA) is 113 Å². The molecule has 1 aliphatic rings. The number of aryl methyl sites for hydroxylation is 2. The minimum atomic E-state index is -0.665. The molecular formula is C19H21N3O5. The van der Waals surface area contributed by atoms with Gasteiger partial charge in [0, 0.05) is 24.2 Å². The lowest BCUT2D eigenvalue weighted by Gasteiger charge is -2.41. The summed E-state index contributed by atoms with van der Waals surface area (Å²) >= 11 is 0. The summed E-state index contributed by atoms with van der Waals surface area (Å²) in [6.45, 7) is 2.50. The average Bonchev–Trinajstić information content (AvgIpc) is 3.15. The number of carbonyl (C=O) groups excluding carboxylic acids is 1. The lowest BCUT2D eigenvalue weighted by atomic mass is 9.76. The number of carbonyl (C=O) groups is 1. The first-order valence-electron chi connectivity index (χ1n) is 8.61. The molecule has 1 aliphatic heterocycles. The van der Waals surface area contributed by atoms with E-state index in [1.54, 1.807) is 29.9 Å². The predicted octanol–water partition coefficient (Wildman–Crippen LogP) is 1.41. The number of aliphatic hydroxyl groups excluding tert-OH is 1. The highest BCUT2D eigenvalue weighted by molar-refractivity contribution is 6.08. The first kappa shape index (κ1) is 17.6. The zero-order valence-corrected chi connectivity index (χ0v) is 15.2. The van der Waals surface area contributed by atoms with Crippen molar-refractivity contribution in [2.75, 3.05) is 19.8 Å². The van der Waals surface area contributed by atoms with Crippen LogP contribution in [0.15, 0.2) is 28.8 Å². The van der Waals surface area contributed by atoms with Crippen molar-refractivity contribution in [3.63, 3.8) is 0 Å². The summed E-state index contributed by atoms with van der Waals surface area (Å²) in [6.07, 6.45) is 1.70. The highest BCUT2D eigenvalue weighted by atomic mass is 16.5. The minimum absolute atomic E-state index is 0.142. The van der Waals surface area contributed by atoms with Gasteiger partial charge in [-0.15, -0.1) is 0 Å². The standard InChI is InChI=1S/C19H21N3O5/c1-11-15(18(20)24)16-13(27-11)3-4-14(17(16)19(8-23)9-25-10-19)26-7-12-5-6-21-22(12)2/h3-6,23H,7-10H2,1-2H3,(H2,20,24). The lowest BCUT2D eigenvalue weighted by molar-refractivity contribution is -0.0844. The Balaban J connectivity index is 1.89. The Morgan fingerprint density at radius 3 is 2.74 bits per heavy atom. The molecule has 4 rings (SSSR count). The van der Waals surface area contributed by atoms with Gasteiger partial charge in [-0.25, -0.2) is 0 Å². The van der Waals surface area contributed by atoms with Gasteiger partial charge in [0.1, 0.15) is 23.7 Å². The maximum absolute atomic E-state index is 12.1. The van der Waals surface area contributed by atoms with Crippen molar-refractivity contribution in [1.82, 2.24) is 9.78 Å². The van der Waals surface area contributed by atoms with Gasteiger partial charge in [0.25, 0.3) is 5.91 Å². The number of fused-ring (bicyclic) bond motifs is 1. The first-order chi connectivity index (χ1) is 13.0. The van der Waals surface area contributed by atoms with E-state index in [9.17, 15) is 9.90 Å². The van der Waals surface area contributed by atoms with Crippen molar-refractivity contribution in [1.29, 1.82) is 0 Å². The molecule has 3 aromatic rings. The zero-order chi connectivity index (χ0) is 19.2. The minimum Gasteiger partial charge on any atom is -0.487 e. The second-order valence-corrected chi connectivity index (χ2v) is 6.88. The van der Waals surface area contributed by atoms with Gasteiger partial charge in [0.05, 0.1) is 36.5 Å². The third kappa shape index (κ3) is 2.68. The highest BCUT2D eigenvalue weighted by Gasteiger charge is 2.44. The number of aliphatic hydroxyl groups is 1. The van der Waals surface area contributed by atoms with Gasteiger partial charge in [-0.3, -0.25) is 9.48 Å². The summed E-state index contributed by atoms with van der Waals surface area (Å²) in [4.78, 5) is 12.1. The number of ether oxygens (including phenoxy) is 2. The van der Waals surface area contributed by atoms with Crippen LogP contribution in [0.2, 0.25) is 0 Å². The number of primary amides is 1. The number of nitrogens with two attached hydrogens (primary N) is 1.